The van der Waals surface area contributed by atoms with Gasteiger partial charge in [0.25, 0.3) is 0 Å². The number of carbonyl (C=O) groups excluding carboxylic acids is 1. The molecule has 0 saturated carbocycles. The van der Waals surface area contributed by atoms with Crippen molar-refractivity contribution in [2.45, 2.75) is 58.8 Å². The lowest BCUT2D eigenvalue weighted by molar-refractivity contribution is -0.116. The lowest BCUT2D eigenvalue weighted by atomic mass is 10.1. The summed E-state index contributed by atoms with van der Waals surface area (Å²) in [6.45, 7) is 4.64. The molecule has 0 atom stereocenters. The molecule has 0 aliphatic rings. The van der Waals surface area contributed by atoms with Gasteiger partial charge in [0.2, 0.25) is 0 Å². The Morgan fingerprint density at radius 3 is 2.26 bits per heavy atom. The van der Waals surface area contributed by atoms with Gasteiger partial charge >= 0.3 is 0 Å². The highest BCUT2D eigenvalue weighted by molar-refractivity contribution is 5.78. The van der Waals surface area contributed by atoms with Crippen molar-refractivity contribution in [1.29, 1.82) is 0 Å². The molecule has 0 amide bonds. The monoisotopic (exact) mass is 262 g/mol. The summed E-state index contributed by atoms with van der Waals surface area (Å²) in [6, 6.07) is 7.85. The van der Waals surface area contributed by atoms with E-state index < -0.39 is 0 Å². The second kappa shape index (κ2) is 9.60. The SMILES string of the molecule is CCCCCCCCOc1ccc(CC(C)=O)cc1. The molecule has 0 spiro atoms. The Bertz CT molecular complexity index is 354. The number of Topliss-reactive ketones (excluding diaryl/α,β-unsaturated/α-hetero) is 1. The van der Waals surface area contributed by atoms with Crippen LogP contribution in [0, 0.1) is 0 Å². The minimum absolute atomic E-state index is 0.195. The number of unbranched alkanes of at least 4 members (excludes halogenated alkanes) is 5. The fourth-order valence-corrected chi connectivity index (χ4v) is 2.06. The van der Waals surface area contributed by atoms with Crippen LogP contribution in [0.25, 0.3) is 0 Å². The number of rotatable bonds is 10. The lowest BCUT2D eigenvalue weighted by Gasteiger charge is -2.07. The predicted octanol–water partition coefficient (Wildman–Crippen LogP) is 4.56. The summed E-state index contributed by atoms with van der Waals surface area (Å²) in [6.07, 6.45) is 8.19. The first-order valence-electron chi connectivity index (χ1n) is 7.43. The third kappa shape index (κ3) is 7.66. The fourth-order valence-electron chi connectivity index (χ4n) is 2.06. The number of hydrogen-bond donors (Lipinski definition) is 0. The summed E-state index contributed by atoms with van der Waals surface area (Å²) in [4.78, 5) is 11.0. The summed E-state index contributed by atoms with van der Waals surface area (Å²) < 4.78 is 5.69. The van der Waals surface area contributed by atoms with Crippen LogP contribution in [0.5, 0.6) is 5.75 Å². The zero-order valence-corrected chi connectivity index (χ0v) is 12.3. The van der Waals surface area contributed by atoms with Crippen molar-refractivity contribution in [3.8, 4) is 5.75 Å². The van der Waals surface area contributed by atoms with Crippen molar-refractivity contribution in [3.05, 3.63) is 29.8 Å². The minimum atomic E-state index is 0.195. The lowest BCUT2D eigenvalue weighted by Crippen LogP contribution is -1.99. The molecule has 2 nitrogen and oxygen atoms in total. The first-order valence-corrected chi connectivity index (χ1v) is 7.43. The predicted molar refractivity (Wildman–Crippen MR) is 79.7 cm³/mol. The molecule has 1 rings (SSSR count). The van der Waals surface area contributed by atoms with E-state index in [0.29, 0.717) is 6.42 Å². The van der Waals surface area contributed by atoms with E-state index in [-0.39, 0.29) is 5.78 Å². The van der Waals surface area contributed by atoms with Gasteiger partial charge in [0.05, 0.1) is 6.61 Å². The first kappa shape index (κ1) is 15.7. The second-order valence-corrected chi connectivity index (χ2v) is 5.14. The normalized spacial score (nSPS) is 10.4. The molecule has 0 aliphatic heterocycles. The number of hydrogen-bond acceptors (Lipinski definition) is 2. The van der Waals surface area contributed by atoms with Crippen LogP contribution in [0.2, 0.25) is 0 Å². The molecule has 0 saturated heterocycles. The number of ketones is 1. The van der Waals surface area contributed by atoms with Crippen LogP contribution in [-0.4, -0.2) is 12.4 Å². The average Bonchev–Trinajstić information content (AvgIpc) is 2.39. The highest BCUT2D eigenvalue weighted by Gasteiger charge is 1.98. The van der Waals surface area contributed by atoms with Crippen molar-refractivity contribution in [2.24, 2.45) is 0 Å². The molecule has 0 radical (unpaired) electrons. The van der Waals surface area contributed by atoms with E-state index in [1.165, 1.54) is 32.1 Å². The van der Waals surface area contributed by atoms with E-state index in [4.69, 9.17) is 4.74 Å². The van der Waals surface area contributed by atoms with Crippen LogP contribution in [0.3, 0.4) is 0 Å². The zero-order valence-electron chi connectivity index (χ0n) is 12.3. The van der Waals surface area contributed by atoms with Gasteiger partial charge in [-0.1, -0.05) is 51.2 Å². The van der Waals surface area contributed by atoms with E-state index in [9.17, 15) is 4.79 Å². The van der Waals surface area contributed by atoms with Crippen LogP contribution in [0.15, 0.2) is 24.3 Å². The summed E-state index contributed by atoms with van der Waals surface area (Å²) in [5.41, 5.74) is 1.06. The third-order valence-electron chi connectivity index (χ3n) is 3.14. The number of ether oxygens (including phenoxy) is 1. The molecule has 0 aliphatic carbocycles. The molecule has 19 heavy (non-hydrogen) atoms. The molecule has 1 aromatic rings. The Morgan fingerprint density at radius 2 is 1.63 bits per heavy atom. The maximum Gasteiger partial charge on any atom is 0.134 e. The molecule has 0 unspecified atom stereocenters. The van der Waals surface area contributed by atoms with Crippen LogP contribution >= 0.6 is 0 Å². The van der Waals surface area contributed by atoms with Crippen molar-refractivity contribution in [3.63, 3.8) is 0 Å². The molecule has 0 fully saturated rings. The highest BCUT2D eigenvalue weighted by Crippen LogP contribution is 2.14. The van der Waals surface area contributed by atoms with Crippen molar-refractivity contribution >= 4 is 5.78 Å². The number of carbonyl (C=O) groups is 1. The Morgan fingerprint density at radius 1 is 1.00 bits per heavy atom. The van der Waals surface area contributed by atoms with Gasteiger partial charge < -0.3 is 4.74 Å². The van der Waals surface area contributed by atoms with Crippen molar-refractivity contribution in [2.75, 3.05) is 6.61 Å². The molecular weight excluding hydrogens is 236 g/mol. The van der Waals surface area contributed by atoms with E-state index in [1.807, 2.05) is 24.3 Å². The van der Waals surface area contributed by atoms with Gasteiger partial charge in [-0.25, -0.2) is 0 Å². The van der Waals surface area contributed by atoms with Crippen LogP contribution in [-0.2, 0) is 11.2 Å². The molecule has 0 heterocycles. The Hall–Kier alpha value is -1.31. The highest BCUT2D eigenvalue weighted by atomic mass is 16.5. The summed E-state index contributed by atoms with van der Waals surface area (Å²) in [5, 5.41) is 0. The quantitative estimate of drug-likeness (QED) is 0.578. The molecule has 2 heteroatoms. The topological polar surface area (TPSA) is 26.3 Å². The molecule has 1 aromatic carbocycles. The first-order chi connectivity index (χ1) is 9.22. The summed E-state index contributed by atoms with van der Waals surface area (Å²) in [5.74, 6) is 1.10. The fraction of sp³-hybridized carbons (Fsp3) is 0.588. The smallest absolute Gasteiger partial charge is 0.134 e. The second-order valence-electron chi connectivity index (χ2n) is 5.14. The largest absolute Gasteiger partial charge is 0.494 e. The maximum absolute atomic E-state index is 11.0. The van der Waals surface area contributed by atoms with E-state index in [1.54, 1.807) is 6.92 Å². The van der Waals surface area contributed by atoms with Crippen molar-refractivity contribution in [1.82, 2.24) is 0 Å². The third-order valence-corrected chi connectivity index (χ3v) is 3.14. The Kier molecular flexibility index (Phi) is 7.95. The van der Waals surface area contributed by atoms with Gasteiger partial charge in [0.15, 0.2) is 0 Å². The molecular formula is C17H26O2. The summed E-state index contributed by atoms with van der Waals surface area (Å²) in [7, 11) is 0. The van der Waals surface area contributed by atoms with Gasteiger partial charge in [-0.3, -0.25) is 4.79 Å². The van der Waals surface area contributed by atoms with E-state index >= 15 is 0 Å². The van der Waals surface area contributed by atoms with Gasteiger partial charge in [-0.2, -0.15) is 0 Å². The zero-order chi connectivity index (χ0) is 13.9. The standard InChI is InChI=1S/C17H26O2/c1-3-4-5-6-7-8-13-19-17-11-9-16(10-12-17)14-15(2)18/h9-12H,3-8,13-14H2,1-2H3. The van der Waals surface area contributed by atoms with E-state index in [2.05, 4.69) is 6.92 Å². The Labute approximate surface area is 117 Å². The average molecular weight is 262 g/mol. The molecule has 0 bridgehead atoms. The van der Waals surface area contributed by atoms with E-state index in [0.717, 1.165) is 24.3 Å². The van der Waals surface area contributed by atoms with Crippen LogP contribution in [0.1, 0.15) is 57.9 Å². The van der Waals surface area contributed by atoms with Gasteiger partial charge in [-0.15, -0.1) is 0 Å². The number of benzene rings is 1. The van der Waals surface area contributed by atoms with Gasteiger partial charge in [0, 0.05) is 6.42 Å². The minimum Gasteiger partial charge on any atom is -0.494 e. The molecule has 0 aromatic heterocycles. The van der Waals surface area contributed by atoms with Crippen molar-refractivity contribution < 1.29 is 9.53 Å². The van der Waals surface area contributed by atoms with Crippen LogP contribution < -0.4 is 4.74 Å². The van der Waals surface area contributed by atoms with Crippen LogP contribution in [0.4, 0.5) is 0 Å². The molecule has 0 N–H and O–H groups in total. The maximum atomic E-state index is 11.0. The molecule has 106 valence electrons. The summed E-state index contributed by atoms with van der Waals surface area (Å²) >= 11 is 0. The van der Waals surface area contributed by atoms with Gasteiger partial charge in [0.1, 0.15) is 11.5 Å². The Balaban J connectivity index is 2.14. The van der Waals surface area contributed by atoms with Gasteiger partial charge in [-0.05, 0) is 31.0 Å².